The van der Waals surface area contributed by atoms with Gasteiger partial charge in [0.2, 0.25) is 0 Å². The second-order valence-corrected chi connectivity index (χ2v) is 5.84. The Bertz CT molecular complexity index is 608. The fourth-order valence-corrected chi connectivity index (χ4v) is 3.22. The molecule has 2 heterocycles. The lowest BCUT2D eigenvalue weighted by Crippen LogP contribution is -2.09. The van der Waals surface area contributed by atoms with Crippen LogP contribution in [0.3, 0.4) is 0 Å². The molecule has 1 N–H and O–H groups in total. The van der Waals surface area contributed by atoms with E-state index in [-0.39, 0.29) is 17.3 Å². The molecule has 0 spiro atoms. The SMILES string of the molecule is Cc1ccc2nc(S[C@@H]3C[C@H](C)OC3=O)[nH]c2c1. The predicted octanol–water partition coefficient (Wildman–Crippen LogP) is 2.67. The topological polar surface area (TPSA) is 55.0 Å². The van der Waals surface area contributed by atoms with E-state index in [1.807, 2.05) is 26.0 Å². The van der Waals surface area contributed by atoms with Crippen molar-refractivity contribution in [2.45, 2.75) is 36.8 Å². The lowest BCUT2D eigenvalue weighted by atomic mass is 10.2. The van der Waals surface area contributed by atoms with E-state index in [0.717, 1.165) is 22.6 Å². The summed E-state index contributed by atoms with van der Waals surface area (Å²) in [6.07, 6.45) is 0.765. The number of aromatic amines is 1. The molecule has 18 heavy (non-hydrogen) atoms. The van der Waals surface area contributed by atoms with Gasteiger partial charge < -0.3 is 9.72 Å². The molecule has 2 atom stereocenters. The van der Waals surface area contributed by atoms with Gasteiger partial charge in [-0.1, -0.05) is 17.8 Å². The first-order valence-corrected chi connectivity index (χ1v) is 6.83. The van der Waals surface area contributed by atoms with Gasteiger partial charge in [0.15, 0.2) is 5.16 Å². The molecule has 1 fully saturated rings. The molecule has 0 bridgehead atoms. The molecule has 2 aromatic rings. The average molecular weight is 262 g/mol. The normalized spacial score (nSPS) is 23.6. The number of hydrogen-bond acceptors (Lipinski definition) is 4. The first-order valence-electron chi connectivity index (χ1n) is 5.95. The van der Waals surface area contributed by atoms with Gasteiger partial charge in [0.05, 0.1) is 11.0 Å². The van der Waals surface area contributed by atoms with Crippen LogP contribution in [0, 0.1) is 6.92 Å². The van der Waals surface area contributed by atoms with Gasteiger partial charge in [0.1, 0.15) is 11.4 Å². The minimum atomic E-state index is -0.137. The molecule has 0 saturated carbocycles. The maximum Gasteiger partial charge on any atom is 0.319 e. The monoisotopic (exact) mass is 262 g/mol. The van der Waals surface area contributed by atoms with Crippen molar-refractivity contribution in [3.63, 3.8) is 0 Å². The number of fused-ring (bicyclic) bond motifs is 1. The number of rotatable bonds is 2. The Labute approximate surface area is 109 Å². The fourth-order valence-electron chi connectivity index (χ4n) is 2.11. The number of thioether (sulfide) groups is 1. The van der Waals surface area contributed by atoms with Crippen molar-refractivity contribution >= 4 is 28.8 Å². The maximum absolute atomic E-state index is 11.6. The van der Waals surface area contributed by atoms with Gasteiger partial charge in [-0.2, -0.15) is 0 Å². The van der Waals surface area contributed by atoms with E-state index in [2.05, 4.69) is 16.0 Å². The van der Waals surface area contributed by atoms with Crippen molar-refractivity contribution in [2.75, 3.05) is 0 Å². The number of imidazole rings is 1. The van der Waals surface area contributed by atoms with Crippen LogP contribution in [0.5, 0.6) is 0 Å². The number of aryl methyl sites for hydroxylation is 1. The summed E-state index contributed by atoms with van der Waals surface area (Å²) in [4.78, 5) is 19.3. The number of cyclic esters (lactones) is 1. The Morgan fingerprint density at radius 1 is 1.50 bits per heavy atom. The van der Waals surface area contributed by atoms with E-state index in [1.165, 1.54) is 17.3 Å². The number of H-pyrrole nitrogens is 1. The molecule has 0 aliphatic carbocycles. The van der Waals surface area contributed by atoms with Crippen molar-refractivity contribution in [2.24, 2.45) is 0 Å². The average Bonchev–Trinajstić information content (AvgIpc) is 2.82. The summed E-state index contributed by atoms with van der Waals surface area (Å²) in [5, 5.41) is 0.647. The summed E-state index contributed by atoms with van der Waals surface area (Å²) in [6, 6.07) is 6.08. The number of nitrogens with one attached hydrogen (secondary N) is 1. The van der Waals surface area contributed by atoms with Crippen molar-refractivity contribution < 1.29 is 9.53 Å². The number of esters is 1. The van der Waals surface area contributed by atoms with Gasteiger partial charge in [-0.15, -0.1) is 0 Å². The first-order chi connectivity index (χ1) is 8.61. The molecular weight excluding hydrogens is 248 g/mol. The van der Waals surface area contributed by atoms with Crippen LogP contribution in [0.15, 0.2) is 23.4 Å². The highest BCUT2D eigenvalue weighted by molar-refractivity contribution is 8.00. The molecule has 0 radical (unpaired) electrons. The second kappa shape index (κ2) is 4.31. The van der Waals surface area contributed by atoms with Crippen LogP contribution in [-0.4, -0.2) is 27.3 Å². The fraction of sp³-hybridized carbons (Fsp3) is 0.385. The van der Waals surface area contributed by atoms with E-state index in [1.54, 1.807) is 0 Å². The number of nitrogens with zero attached hydrogens (tertiary/aromatic N) is 1. The summed E-state index contributed by atoms with van der Waals surface area (Å²) >= 11 is 1.45. The minimum absolute atomic E-state index is 0.0154. The Hall–Kier alpha value is -1.49. The molecule has 4 nitrogen and oxygen atoms in total. The van der Waals surface area contributed by atoms with Crippen LogP contribution in [0.25, 0.3) is 11.0 Å². The summed E-state index contributed by atoms with van der Waals surface area (Å²) in [5.41, 5.74) is 3.14. The quantitative estimate of drug-likeness (QED) is 0.845. The van der Waals surface area contributed by atoms with Crippen LogP contribution < -0.4 is 0 Å². The van der Waals surface area contributed by atoms with Crippen LogP contribution in [0.4, 0.5) is 0 Å². The highest BCUT2D eigenvalue weighted by Gasteiger charge is 2.33. The molecule has 1 aliphatic rings. The number of benzene rings is 1. The minimum Gasteiger partial charge on any atom is -0.462 e. The molecule has 0 amide bonds. The molecule has 1 aromatic carbocycles. The number of hydrogen-bond donors (Lipinski definition) is 1. The van der Waals surface area contributed by atoms with Gasteiger partial charge in [-0.3, -0.25) is 4.79 Å². The zero-order chi connectivity index (χ0) is 12.7. The lowest BCUT2D eigenvalue weighted by molar-refractivity contribution is -0.140. The third-order valence-corrected chi connectivity index (χ3v) is 4.08. The van der Waals surface area contributed by atoms with Gasteiger partial charge in [-0.05, 0) is 31.5 Å². The molecule has 3 rings (SSSR count). The number of carbonyl (C=O) groups is 1. The Balaban J connectivity index is 1.85. The van der Waals surface area contributed by atoms with Crippen LogP contribution in [0.2, 0.25) is 0 Å². The van der Waals surface area contributed by atoms with E-state index in [9.17, 15) is 4.79 Å². The molecule has 1 saturated heterocycles. The Morgan fingerprint density at radius 3 is 3.06 bits per heavy atom. The van der Waals surface area contributed by atoms with Crippen molar-refractivity contribution in [1.29, 1.82) is 0 Å². The summed E-state index contributed by atoms with van der Waals surface area (Å²) < 4.78 is 5.14. The smallest absolute Gasteiger partial charge is 0.319 e. The Kier molecular flexibility index (Phi) is 2.78. The predicted molar refractivity (Wildman–Crippen MR) is 70.6 cm³/mol. The summed E-state index contributed by atoms with van der Waals surface area (Å²) in [7, 11) is 0. The molecule has 94 valence electrons. The van der Waals surface area contributed by atoms with Crippen molar-refractivity contribution in [1.82, 2.24) is 9.97 Å². The lowest BCUT2D eigenvalue weighted by Gasteiger charge is -2.00. The molecule has 5 heteroatoms. The van der Waals surface area contributed by atoms with Crippen LogP contribution in [0.1, 0.15) is 18.9 Å². The van der Waals surface area contributed by atoms with E-state index >= 15 is 0 Å². The standard InChI is InChI=1S/C13H14N2O2S/c1-7-3-4-9-10(5-7)15-13(14-9)18-11-6-8(2)17-12(11)16/h3-5,8,11H,6H2,1-2H3,(H,14,15)/t8-,11+/m0/s1. The largest absolute Gasteiger partial charge is 0.462 e. The third-order valence-electron chi connectivity index (χ3n) is 3.00. The molecular formula is C13H14N2O2S. The zero-order valence-electron chi connectivity index (χ0n) is 10.3. The Morgan fingerprint density at radius 2 is 2.33 bits per heavy atom. The van der Waals surface area contributed by atoms with E-state index in [0.29, 0.717) is 0 Å². The highest BCUT2D eigenvalue weighted by atomic mass is 32.2. The van der Waals surface area contributed by atoms with Crippen molar-refractivity contribution in [3.8, 4) is 0 Å². The van der Waals surface area contributed by atoms with E-state index < -0.39 is 0 Å². The van der Waals surface area contributed by atoms with Gasteiger partial charge in [-0.25, -0.2) is 4.98 Å². The first kappa shape index (κ1) is 11.6. The summed E-state index contributed by atoms with van der Waals surface area (Å²) in [6.45, 7) is 3.96. The van der Waals surface area contributed by atoms with Gasteiger partial charge >= 0.3 is 5.97 Å². The van der Waals surface area contributed by atoms with Gasteiger partial charge in [0.25, 0.3) is 0 Å². The molecule has 0 unspecified atom stereocenters. The summed E-state index contributed by atoms with van der Waals surface area (Å²) in [5.74, 6) is -0.135. The number of aromatic nitrogens is 2. The van der Waals surface area contributed by atoms with Crippen molar-refractivity contribution in [3.05, 3.63) is 23.8 Å². The number of carbonyl (C=O) groups excluding carboxylic acids is 1. The van der Waals surface area contributed by atoms with Gasteiger partial charge in [0, 0.05) is 6.42 Å². The molecule has 1 aromatic heterocycles. The second-order valence-electron chi connectivity index (χ2n) is 4.65. The molecule has 1 aliphatic heterocycles. The number of ether oxygens (including phenoxy) is 1. The van der Waals surface area contributed by atoms with Crippen LogP contribution >= 0.6 is 11.8 Å². The zero-order valence-corrected chi connectivity index (χ0v) is 11.1. The maximum atomic E-state index is 11.6. The third kappa shape index (κ3) is 2.10. The van der Waals surface area contributed by atoms with E-state index in [4.69, 9.17) is 4.74 Å². The highest BCUT2D eigenvalue weighted by Crippen LogP contribution is 2.31. The van der Waals surface area contributed by atoms with Crippen LogP contribution in [-0.2, 0) is 9.53 Å².